The van der Waals surface area contributed by atoms with E-state index in [9.17, 15) is 4.79 Å². The third-order valence-corrected chi connectivity index (χ3v) is 3.35. The average molecular weight is 295 g/mol. The molecule has 22 heavy (non-hydrogen) atoms. The van der Waals surface area contributed by atoms with E-state index < -0.39 is 0 Å². The lowest BCUT2D eigenvalue weighted by atomic mass is 10.0. The van der Waals surface area contributed by atoms with Crippen LogP contribution in [-0.4, -0.2) is 18.7 Å². The van der Waals surface area contributed by atoms with Gasteiger partial charge in [-0.1, -0.05) is 35.9 Å². The molecule has 0 aliphatic heterocycles. The number of para-hydroxylation sites is 1. The van der Waals surface area contributed by atoms with Crippen molar-refractivity contribution in [3.05, 3.63) is 64.7 Å². The Bertz CT molecular complexity index is 655. The van der Waals surface area contributed by atoms with Gasteiger partial charge >= 0.3 is 0 Å². The summed E-state index contributed by atoms with van der Waals surface area (Å²) in [7, 11) is 0. The van der Waals surface area contributed by atoms with Crippen LogP contribution in [0.15, 0.2) is 47.6 Å². The fraction of sp³-hybridized carbons (Fsp3) is 0.222. The molecule has 0 bridgehead atoms. The molecule has 0 spiro atoms. The summed E-state index contributed by atoms with van der Waals surface area (Å²) in [6.45, 7) is 6.34. The molecule has 1 amide bonds. The van der Waals surface area contributed by atoms with Crippen LogP contribution < -0.4 is 10.7 Å². The second kappa shape index (κ2) is 7.41. The minimum absolute atomic E-state index is 0.178. The predicted octanol–water partition coefficient (Wildman–Crippen LogP) is 3.17. The van der Waals surface area contributed by atoms with Gasteiger partial charge in [-0.3, -0.25) is 4.79 Å². The van der Waals surface area contributed by atoms with E-state index in [0.717, 1.165) is 22.4 Å². The summed E-state index contributed by atoms with van der Waals surface area (Å²) < 4.78 is 0. The Morgan fingerprint density at radius 1 is 1.09 bits per heavy atom. The van der Waals surface area contributed by atoms with Crippen molar-refractivity contribution >= 4 is 17.8 Å². The van der Waals surface area contributed by atoms with E-state index in [1.165, 1.54) is 5.56 Å². The van der Waals surface area contributed by atoms with Crippen LogP contribution in [0.5, 0.6) is 0 Å². The van der Waals surface area contributed by atoms with Gasteiger partial charge in [-0.25, -0.2) is 5.43 Å². The van der Waals surface area contributed by atoms with Crippen LogP contribution in [-0.2, 0) is 4.79 Å². The first-order valence-electron chi connectivity index (χ1n) is 7.25. The number of hydrogen-bond acceptors (Lipinski definition) is 3. The van der Waals surface area contributed by atoms with Crippen LogP contribution in [0.3, 0.4) is 0 Å². The standard InChI is InChI=1S/C18H21N3O/c1-13-9-14(2)17(15(3)10-13)11-20-21-18(22)12-19-16-7-5-4-6-8-16/h4-11,19H,12H2,1-3H3,(H,21,22)/b20-11+. The number of hydrazone groups is 1. The molecule has 0 atom stereocenters. The first-order chi connectivity index (χ1) is 10.6. The number of nitrogens with one attached hydrogen (secondary N) is 2. The summed E-state index contributed by atoms with van der Waals surface area (Å²) in [6, 6.07) is 13.8. The normalized spacial score (nSPS) is 10.7. The van der Waals surface area contributed by atoms with Gasteiger partial charge in [0.05, 0.1) is 12.8 Å². The van der Waals surface area contributed by atoms with Crippen molar-refractivity contribution in [1.82, 2.24) is 5.43 Å². The quantitative estimate of drug-likeness (QED) is 0.657. The number of amides is 1. The highest BCUT2D eigenvalue weighted by Crippen LogP contribution is 2.14. The lowest BCUT2D eigenvalue weighted by Gasteiger charge is -2.07. The maximum Gasteiger partial charge on any atom is 0.259 e. The summed E-state index contributed by atoms with van der Waals surface area (Å²) in [6.07, 6.45) is 1.70. The van der Waals surface area contributed by atoms with Gasteiger partial charge < -0.3 is 5.32 Å². The zero-order valence-electron chi connectivity index (χ0n) is 13.2. The number of carbonyl (C=O) groups excluding carboxylic acids is 1. The number of nitrogens with zero attached hydrogens (tertiary/aromatic N) is 1. The zero-order chi connectivity index (χ0) is 15.9. The molecule has 2 N–H and O–H groups in total. The van der Waals surface area contributed by atoms with Gasteiger partial charge in [-0.05, 0) is 44.0 Å². The van der Waals surface area contributed by atoms with E-state index in [4.69, 9.17) is 0 Å². The van der Waals surface area contributed by atoms with Crippen LogP contribution >= 0.6 is 0 Å². The summed E-state index contributed by atoms with van der Waals surface area (Å²) in [4.78, 5) is 11.7. The van der Waals surface area contributed by atoms with Gasteiger partial charge in [0.25, 0.3) is 5.91 Å². The van der Waals surface area contributed by atoms with Gasteiger partial charge in [0, 0.05) is 11.3 Å². The Hall–Kier alpha value is -2.62. The Morgan fingerprint density at radius 3 is 2.36 bits per heavy atom. The molecule has 114 valence electrons. The number of aryl methyl sites for hydroxylation is 3. The lowest BCUT2D eigenvalue weighted by Crippen LogP contribution is -2.25. The van der Waals surface area contributed by atoms with Crippen molar-refractivity contribution in [3.8, 4) is 0 Å². The predicted molar refractivity (Wildman–Crippen MR) is 91.3 cm³/mol. The number of hydrogen-bond donors (Lipinski definition) is 2. The first-order valence-corrected chi connectivity index (χ1v) is 7.25. The molecule has 0 saturated carbocycles. The van der Waals surface area contributed by atoms with Crippen molar-refractivity contribution in [1.29, 1.82) is 0 Å². The zero-order valence-corrected chi connectivity index (χ0v) is 13.2. The highest BCUT2D eigenvalue weighted by Gasteiger charge is 2.02. The molecule has 0 fully saturated rings. The fourth-order valence-corrected chi connectivity index (χ4v) is 2.34. The van der Waals surface area contributed by atoms with E-state index in [2.05, 4.69) is 34.9 Å². The van der Waals surface area contributed by atoms with Crippen molar-refractivity contribution < 1.29 is 4.79 Å². The number of rotatable bonds is 5. The average Bonchev–Trinajstić information content (AvgIpc) is 2.49. The van der Waals surface area contributed by atoms with E-state index in [1.807, 2.05) is 44.2 Å². The maximum atomic E-state index is 11.7. The fourth-order valence-electron chi connectivity index (χ4n) is 2.34. The molecule has 2 aromatic carbocycles. The third kappa shape index (κ3) is 4.45. The van der Waals surface area contributed by atoms with Gasteiger partial charge in [-0.15, -0.1) is 0 Å². The Labute approximate surface area is 131 Å². The van der Waals surface area contributed by atoms with Crippen molar-refractivity contribution in [2.75, 3.05) is 11.9 Å². The molecule has 2 aromatic rings. The molecule has 0 heterocycles. The van der Waals surface area contributed by atoms with E-state index >= 15 is 0 Å². The first kappa shape index (κ1) is 15.8. The molecule has 0 saturated heterocycles. The molecule has 0 aliphatic rings. The monoisotopic (exact) mass is 295 g/mol. The Kier molecular flexibility index (Phi) is 5.31. The molecular formula is C18H21N3O. The molecule has 4 nitrogen and oxygen atoms in total. The van der Waals surface area contributed by atoms with Gasteiger partial charge in [0.2, 0.25) is 0 Å². The highest BCUT2D eigenvalue weighted by atomic mass is 16.2. The Morgan fingerprint density at radius 2 is 1.73 bits per heavy atom. The lowest BCUT2D eigenvalue weighted by molar-refractivity contribution is -0.119. The SMILES string of the molecule is Cc1cc(C)c(/C=N/NC(=O)CNc2ccccc2)c(C)c1. The molecule has 2 rings (SSSR count). The van der Waals surface area contributed by atoms with E-state index in [1.54, 1.807) is 6.21 Å². The number of benzene rings is 2. The Balaban J connectivity index is 1.88. The largest absolute Gasteiger partial charge is 0.376 e. The van der Waals surface area contributed by atoms with Gasteiger partial charge in [0.15, 0.2) is 0 Å². The third-order valence-electron chi connectivity index (χ3n) is 3.35. The number of carbonyl (C=O) groups is 1. The van der Waals surface area contributed by atoms with Crippen LogP contribution in [0.2, 0.25) is 0 Å². The van der Waals surface area contributed by atoms with Gasteiger partial charge in [0.1, 0.15) is 0 Å². The summed E-state index contributed by atoms with van der Waals surface area (Å²) in [5.74, 6) is -0.178. The highest BCUT2D eigenvalue weighted by molar-refractivity contribution is 5.86. The van der Waals surface area contributed by atoms with E-state index in [-0.39, 0.29) is 12.5 Å². The second-order valence-electron chi connectivity index (χ2n) is 5.33. The van der Waals surface area contributed by atoms with Crippen molar-refractivity contribution in [3.63, 3.8) is 0 Å². The second-order valence-corrected chi connectivity index (χ2v) is 5.33. The molecule has 0 radical (unpaired) electrons. The van der Waals surface area contributed by atoms with Gasteiger partial charge in [-0.2, -0.15) is 5.10 Å². The summed E-state index contributed by atoms with van der Waals surface area (Å²) >= 11 is 0. The maximum absolute atomic E-state index is 11.7. The number of anilines is 1. The molecule has 0 aliphatic carbocycles. The molecule has 4 heteroatoms. The molecular weight excluding hydrogens is 274 g/mol. The minimum Gasteiger partial charge on any atom is -0.376 e. The topological polar surface area (TPSA) is 53.5 Å². The van der Waals surface area contributed by atoms with Crippen LogP contribution in [0.25, 0.3) is 0 Å². The molecule has 0 aromatic heterocycles. The van der Waals surface area contributed by atoms with Crippen molar-refractivity contribution in [2.45, 2.75) is 20.8 Å². The van der Waals surface area contributed by atoms with Crippen molar-refractivity contribution in [2.24, 2.45) is 5.10 Å². The summed E-state index contributed by atoms with van der Waals surface area (Å²) in [5.41, 5.74) is 8.02. The van der Waals surface area contributed by atoms with E-state index in [0.29, 0.717) is 0 Å². The van der Waals surface area contributed by atoms with Crippen LogP contribution in [0, 0.1) is 20.8 Å². The molecule has 0 unspecified atom stereocenters. The van der Waals surface area contributed by atoms with Crippen LogP contribution in [0.4, 0.5) is 5.69 Å². The summed E-state index contributed by atoms with van der Waals surface area (Å²) in [5, 5.41) is 7.08. The minimum atomic E-state index is -0.178. The smallest absolute Gasteiger partial charge is 0.259 e. The van der Waals surface area contributed by atoms with Crippen LogP contribution in [0.1, 0.15) is 22.3 Å².